The normalized spacial score (nSPS) is 14.4. The van der Waals surface area contributed by atoms with E-state index in [4.69, 9.17) is 0 Å². The Balaban J connectivity index is 1.98. The highest BCUT2D eigenvalue weighted by atomic mass is 32.2. The molecule has 0 aliphatic rings. The molecule has 20 heavy (non-hydrogen) atoms. The lowest BCUT2D eigenvalue weighted by atomic mass is 10.2. The molecule has 0 fully saturated rings. The van der Waals surface area contributed by atoms with Crippen molar-refractivity contribution >= 4 is 10.8 Å². The second kappa shape index (κ2) is 6.81. The molecule has 0 amide bonds. The van der Waals surface area contributed by atoms with Crippen LogP contribution in [0.2, 0.25) is 0 Å². The van der Waals surface area contributed by atoms with E-state index < -0.39 is 10.8 Å². The minimum absolute atomic E-state index is 0.312. The van der Waals surface area contributed by atoms with Crippen molar-refractivity contribution in [1.29, 1.82) is 0 Å². The van der Waals surface area contributed by atoms with E-state index in [1.165, 1.54) is 5.56 Å². The largest absolute Gasteiger partial charge is 0.299 e. The average Bonchev–Trinajstić information content (AvgIpc) is 2.92. The molecule has 0 saturated carbocycles. The van der Waals surface area contributed by atoms with Gasteiger partial charge in [0.15, 0.2) is 0 Å². The molecule has 0 aliphatic heterocycles. The molecule has 2 atom stereocenters. The number of benzene rings is 1. The third-order valence-corrected chi connectivity index (χ3v) is 4.32. The summed E-state index contributed by atoms with van der Waals surface area (Å²) in [5, 5.41) is 4.21. The van der Waals surface area contributed by atoms with Gasteiger partial charge in [0, 0.05) is 47.8 Å². The van der Waals surface area contributed by atoms with E-state index in [9.17, 15) is 4.21 Å². The number of hydrogen-bond donors (Lipinski definition) is 0. The predicted molar refractivity (Wildman–Crippen MR) is 83.4 cm³/mol. The lowest BCUT2D eigenvalue weighted by molar-refractivity contribution is 0.268. The summed E-state index contributed by atoms with van der Waals surface area (Å²) in [6.45, 7) is 2.97. The molecule has 4 nitrogen and oxygen atoms in total. The summed E-state index contributed by atoms with van der Waals surface area (Å²) in [6, 6.07) is 10.6. The van der Waals surface area contributed by atoms with Gasteiger partial charge in [-0.05, 0) is 37.7 Å². The van der Waals surface area contributed by atoms with Gasteiger partial charge < -0.3 is 0 Å². The summed E-state index contributed by atoms with van der Waals surface area (Å²) in [4.78, 5) is 2.23. The first-order valence-electron chi connectivity index (χ1n) is 6.65. The van der Waals surface area contributed by atoms with Crippen molar-refractivity contribution in [2.24, 2.45) is 0 Å². The first-order chi connectivity index (χ1) is 9.56. The van der Waals surface area contributed by atoms with E-state index >= 15 is 0 Å². The fourth-order valence-electron chi connectivity index (χ4n) is 2.09. The van der Waals surface area contributed by atoms with Gasteiger partial charge in [0.25, 0.3) is 0 Å². The second-order valence-electron chi connectivity index (χ2n) is 5.12. The van der Waals surface area contributed by atoms with E-state index in [0.29, 0.717) is 11.8 Å². The first kappa shape index (κ1) is 14.9. The molecule has 0 bridgehead atoms. The maximum absolute atomic E-state index is 11.3. The van der Waals surface area contributed by atoms with E-state index in [2.05, 4.69) is 48.2 Å². The Bertz CT molecular complexity index is 551. The molecule has 1 aromatic carbocycles. The molecular formula is C15H21N3OS. The van der Waals surface area contributed by atoms with Crippen LogP contribution in [0.5, 0.6) is 0 Å². The third kappa shape index (κ3) is 4.02. The van der Waals surface area contributed by atoms with Gasteiger partial charge in [-0.2, -0.15) is 5.10 Å². The standard InChI is InChI=1S/C15H21N3OS/c1-13(12-20(3)19)17(2)11-14-5-7-15(8-6-14)18-10-4-9-16-18/h4-10,13H,11-12H2,1-3H3/t13-,20-/m0/s1. The van der Waals surface area contributed by atoms with Crippen molar-refractivity contribution in [2.75, 3.05) is 19.1 Å². The average molecular weight is 291 g/mol. The number of rotatable bonds is 6. The topological polar surface area (TPSA) is 38.1 Å². The van der Waals surface area contributed by atoms with E-state index in [1.54, 1.807) is 12.5 Å². The molecule has 5 heteroatoms. The Labute approximate surface area is 122 Å². The molecule has 2 aromatic rings. The van der Waals surface area contributed by atoms with E-state index in [0.717, 1.165) is 12.2 Å². The molecule has 2 rings (SSSR count). The predicted octanol–water partition coefficient (Wildman–Crippen LogP) is 2.07. The maximum atomic E-state index is 11.3. The van der Waals surface area contributed by atoms with Crippen molar-refractivity contribution in [3.63, 3.8) is 0 Å². The van der Waals surface area contributed by atoms with Gasteiger partial charge in [0.2, 0.25) is 0 Å². The summed E-state index contributed by atoms with van der Waals surface area (Å²) in [7, 11) is 1.32. The van der Waals surface area contributed by atoms with Crippen LogP contribution < -0.4 is 0 Å². The van der Waals surface area contributed by atoms with Gasteiger partial charge in [-0.15, -0.1) is 0 Å². The van der Waals surface area contributed by atoms with Crippen LogP contribution in [-0.4, -0.2) is 44.0 Å². The fraction of sp³-hybridized carbons (Fsp3) is 0.400. The number of aromatic nitrogens is 2. The zero-order valence-corrected chi connectivity index (χ0v) is 13.0. The fourth-order valence-corrected chi connectivity index (χ4v) is 3.02. The third-order valence-electron chi connectivity index (χ3n) is 3.37. The van der Waals surface area contributed by atoms with Crippen molar-refractivity contribution in [2.45, 2.75) is 19.5 Å². The zero-order chi connectivity index (χ0) is 14.5. The molecule has 108 valence electrons. The number of nitrogens with zero attached hydrogens (tertiary/aromatic N) is 3. The van der Waals surface area contributed by atoms with Crippen molar-refractivity contribution in [1.82, 2.24) is 14.7 Å². The minimum atomic E-state index is -0.751. The summed E-state index contributed by atoms with van der Waals surface area (Å²) < 4.78 is 13.1. The molecule has 0 spiro atoms. The Morgan fingerprint density at radius 1 is 1.35 bits per heavy atom. The Morgan fingerprint density at radius 3 is 2.60 bits per heavy atom. The molecule has 1 aromatic heterocycles. The van der Waals surface area contributed by atoms with Crippen LogP contribution in [0, 0.1) is 0 Å². The molecule has 0 unspecified atom stereocenters. The molecule has 0 aliphatic carbocycles. The maximum Gasteiger partial charge on any atom is 0.0645 e. The van der Waals surface area contributed by atoms with Gasteiger partial charge in [-0.25, -0.2) is 4.68 Å². The highest BCUT2D eigenvalue weighted by Crippen LogP contribution is 2.11. The van der Waals surface area contributed by atoms with Gasteiger partial charge in [-0.1, -0.05) is 12.1 Å². The van der Waals surface area contributed by atoms with Crippen LogP contribution in [0.3, 0.4) is 0 Å². The minimum Gasteiger partial charge on any atom is -0.299 e. The smallest absolute Gasteiger partial charge is 0.0645 e. The number of hydrogen-bond acceptors (Lipinski definition) is 3. The summed E-state index contributed by atoms with van der Waals surface area (Å²) in [6.07, 6.45) is 5.46. The molecule has 1 heterocycles. The van der Waals surface area contributed by atoms with Gasteiger partial charge in [0.1, 0.15) is 0 Å². The Morgan fingerprint density at radius 2 is 2.05 bits per heavy atom. The van der Waals surface area contributed by atoms with Gasteiger partial charge in [-0.3, -0.25) is 9.11 Å². The summed E-state index contributed by atoms with van der Waals surface area (Å²) in [5.74, 6) is 0.710. The lowest BCUT2D eigenvalue weighted by Crippen LogP contribution is -2.32. The van der Waals surface area contributed by atoms with Crippen molar-refractivity contribution < 1.29 is 4.21 Å². The van der Waals surface area contributed by atoms with Crippen molar-refractivity contribution in [3.05, 3.63) is 48.3 Å². The highest BCUT2D eigenvalue weighted by Gasteiger charge is 2.11. The van der Waals surface area contributed by atoms with Crippen molar-refractivity contribution in [3.8, 4) is 5.69 Å². The summed E-state index contributed by atoms with van der Waals surface area (Å²) in [5.41, 5.74) is 2.31. The monoisotopic (exact) mass is 291 g/mol. The quantitative estimate of drug-likeness (QED) is 0.818. The van der Waals surface area contributed by atoms with E-state index in [-0.39, 0.29) is 0 Å². The van der Waals surface area contributed by atoms with Crippen LogP contribution in [0.4, 0.5) is 0 Å². The second-order valence-corrected chi connectivity index (χ2v) is 6.60. The van der Waals surface area contributed by atoms with Crippen LogP contribution in [0.1, 0.15) is 12.5 Å². The lowest BCUT2D eigenvalue weighted by Gasteiger charge is -2.24. The Hall–Kier alpha value is -1.46. The van der Waals surface area contributed by atoms with Crippen LogP contribution in [0.25, 0.3) is 5.69 Å². The van der Waals surface area contributed by atoms with Crippen LogP contribution in [0.15, 0.2) is 42.7 Å². The first-order valence-corrected chi connectivity index (χ1v) is 8.38. The van der Waals surface area contributed by atoms with E-state index in [1.807, 2.05) is 16.9 Å². The molecule has 0 radical (unpaired) electrons. The molecule has 0 N–H and O–H groups in total. The van der Waals surface area contributed by atoms with Crippen LogP contribution in [-0.2, 0) is 17.3 Å². The molecular weight excluding hydrogens is 270 g/mol. The highest BCUT2D eigenvalue weighted by molar-refractivity contribution is 7.84. The molecule has 0 saturated heterocycles. The summed E-state index contributed by atoms with van der Waals surface area (Å²) >= 11 is 0. The SMILES string of the molecule is C[C@@H](C[S@](C)=O)N(C)Cc1ccc(-n2cccn2)cc1. The van der Waals surface area contributed by atoms with Gasteiger partial charge >= 0.3 is 0 Å². The van der Waals surface area contributed by atoms with Gasteiger partial charge in [0.05, 0.1) is 5.69 Å². The van der Waals surface area contributed by atoms with Crippen LogP contribution >= 0.6 is 0 Å². The zero-order valence-electron chi connectivity index (χ0n) is 12.2. The Kier molecular flexibility index (Phi) is 5.09.